The van der Waals surface area contributed by atoms with E-state index in [-0.39, 0.29) is 10.6 Å². The van der Waals surface area contributed by atoms with Gasteiger partial charge in [-0.2, -0.15) is 0 Å². The van der Waals surface area contributed by atoms with Gasteiger partial charge in [-0.3, -0.25) is 4.98 Å². The number of aryl methyl sites for hydroxylation is 1. The summed E-state index contributed by atoms with van der Waals surface area (Å²) in [6.07, 6.45) is 1.74. The van der Waals surface area contributed by atoms with E-state index in [0.717, 1.165) is 22.2 Å². The number of para-hydroxylation sites is 2. The fraction of sp³-hybridized carbons (Fsp3) is 0.0800. The predicted molar refractivity (Wildman–Crippen MR) is 127 cm³/mol. The quantitative estimate of drug-likeness (QED) is 0.404. The van der Waals surface area contributed by atoms with Crippen LogP contribution in [0.1, 0.15) is 11.3 Å². The highest BCUT2D eigenvalue weighted by atomic mass is 32.2. The molecule has 0 atom stereocenters. The predicted octanol–water partition coefficient (Wildman–Crippen LogP) is 5.20. The summed E-state index contributed by atoms with van der Waals surface area (Å²) in [6, 6.07) is 23.8. The molecule has 0 aliphatic heterocycles. The number of nitrogens with zero attached hydrogens (tertiary/aromatic N) is 3. The van der Waals surface area contributed by atoms with Crippen LogP contribution in [0.15, 0.2) is 90.0 Å². The number of sulfone groups is 1. The second kappa shape index (κ2) is 8.01. The number of anilines is 2. The molecule has 0 amide bonds. The number of hydrogen-bond donors (Lipinski definition) is 1. The average Bonchev–Trinajstić information content (AvgIpc) is 2.80. The summed E-state index contributed by atoms with van der Waals surface area (Å²) in [5.74, 6) is 0.148. The zero-order valence-electron chi connectivity index (χ0n) is 17.4. The standard InChI is InChI=1S/C25H20N4O2S/c1-17-11-13-18(14-12-17)32(30,31)16-24-25(29-23-8-3-2-7-22(23)27-24)28-21-10-4-9-20-19(21)6-5-15-26-20/h2-15H,16H2,1H3,(H,28,29). The summed E-state index contributed by atoms with van der Waals surface area (Å²) in [6.45, 7) is 1.92. The maximum Gasteiger partial charge on any atom is 0.184 e. The van der Waals surface area contributed by atoms with Gasteiger partial charge >= 0.3 is 0 Å². The van der Waals surface area contributed by atoms with Crippen molar-refractivity contribution in [2.45, 2.75) is 17.6 Å². The van der Waals surface area contributed by atoms with E-state index >= 15 is 0 Å². The summed E-state index contributed by atoms with van der Waals surface area (Å²) in [7, 11) is -3.61. The van der Waals surface area contributed by atoms with Crippen molar-refractivity contribution in [3.8, 4) is 0 Å². The Kier molecular flexibility index (Phi) is 5.03. The maximum atomic E-state index is 13.2. The molecule has 2 aromatic heterocycles. The second-order valence-corrected chi connectivity index (χ2v) is 9.57. The van der Waals surface area contributed by atoms with Crippen molar-refractivity contribution in [2.24, 2.45) is 0 Å². The minimum Gasteiger partial charge on any atom is -0.338 e. The Morgan fingerprint density at radius 2 is 1.50 bits per heavy atom. The molecule has 0 spiro atoms. The Morgan fingerprint density at radius 1 is 0.781 bits per heavy atom. The summed E-state index contributed by atoms with van der Waals surface area (Å²) in [5.41, 5.74) is 4.32. The van der Waals surface area contributed by atoms with E-state index in [4.69, 9.17) is 4.98 Å². The van der Waals surface area contributed by atoms with E-state index in [1.165, 1.54) is 0 Å². The first-order chi connectivity index (χ1) is 15.5. The number of aromatic nitrogens is 3. The summed E-state index contributed by atoms with van der Waals surface area (Å²) >= 11 is 0. The largest absolute Gasteiger partial charge is 0.338 e. The van der Waals surface area contributed by atoms with Gasteiger partial charge in [0.1, 0.15) is 5.75 Å². The van der Waals surface area contributed by atoms with E-state index in [0.29, 0.717) is 22.5 Å². The molecule has 5 rings (SSSR count). The molecular formula is C25H20N4O2S. The molecule has 0 bridgehead atoms. The van der Waals surface area contributed by atoms with Crippen molar-refractivity contribution in [2.75, 3.05) is 5.32 Å². The fourth-order valence-electron chi connectivity index (χ4n) is 3.59. The van der Waals surface area contributed by atoms with Gasteiger partial charge in [0, 0.05) is 17.3 Å². The van der Waals surface area contributed by atoms with E-state index < -0.39 is 9.84 Å². The van der Waals surface area contributed by atoms with Crippen LogP contribution in [0.4, 0.5) is 11.5 Å². The smallest absolute Gasteiger partial charge is 0.184 e. The molecule has 1 N–H and O–H groups in total. The van der Waals surface area contributed by atoms with Crippen molar-refractivity contribution >= 4 is 43.3 Å². The van der Waals surface area contributed by atoms with Crippen molar-refractivity contribution in [3.05, 3.63) is 96.3 Å². The van der Waals surface area contributed by atoms with Gasteiger partial charge in [0.2, 0.25) is 0 Å². The van der Waals surface area contributed by atoms with Gasteiger partial charge in [-0.05, 0) is 55.5 Å². The van der Waals surface area contributed by atoms with Gasteiger partial charge in [0.05, 0.1) is 27.1 Å². The number of hydrogen-bond acceptors (Lipinski definition) is 6. The first kappa shape index (κ1) is 20.1. The lowest BCUT2D eigenvalue weighted by molar-refractivity contribution is 0.594. The van der Waals surface area contributed by atoms with E-state index in [1.54, 1.807) is 30.5 Å². The summed E-state index contributed by atoms with van der Waals surface area (Å²) in [4.78, 5) is 14.0. The van der Waals surface area contributed by atoms with Gasteiger partial charge in [0.25, 0.3) is 0 Å². The van der Waals surface area contributed by atoms with Crippen LogP contribution in [0, 0.1) is 6.92 Å². The van der Waals surface area contributed by atoms with Gasteiger partial charge in [-0.25, -0.2) is 18.4 Å². The lowest BCUT2D eigenvalue weighted by Crippen LogP contribution is -2.10. The van der Waals surface area contributed by atoms with E-state index in [1.807, 2.05) is 61.5 Å². The zero-order valence-corrected chi connectivity index (χ0v) is 18.2. The van der Waals surface area contributed by atoms with Crippen LogP contribution in [0.2, 0.25) is 0 Å². The first-order valence-corrected chi connectivity index (χ1v) is 11.8. The van der Waals surface area contributed by atoms with Crippen LogP contribution < -0.4 is 5.32 Å². The summed E-state index contributed by atoms with van der Waals surface area (Å²) < 4.78 is 26.3. The fourth-order valence-corrected chi connectivity index (χ4v) is 4.86. The molecule has 0 unspecified atom stereocenters. The molecule has 0 aliphatic carbocycles. The Balaban J connectivity index is 1.61. The maximum absolute atomic E-state index is 13.2. The number of fused-ring (bicyclic) bond motifs is 2. The molecule has 0 radical (unpaired) electrons. The molecule has 7 heteroatoms. The Morgan fingerprint density at radius 3 is 2.28 bits per heavy atom. The number of pyridine rings is 1. The molecule has 3 aromatic carbocycles. The minimum absolute atomic E-state index is 0.262. The Labute approximate surface area is 185 Å². The lowest BCUT2D eigenvalue weighted by atomic mass is 10.2. The van der Waals surface area contributed by atoms with Gasteiger partial charge in [-0.1, -0.05) is 35.9 Å². The van der Waals surface area contributed by atoms with E-state index in [2.05, 4.69) is 15.3 Å². The van der Waals surface area contributed by atoms with Gasteiger partial charge in [0.15, 0.2) is 15.7 Å². The van der Waals surface area contributed by atoms with Gasteiger partial charge in [-0.15, -0.1) is 0 Å². The molecular weight excluding hydrogens is 420 g/mol. The third-order valence-corrected chi connectivity index (χ3v) is 6.89. The van der Waals surface area contributed by atoms with Crippen LogP contribution >= 0.6 is 0 Å². The first-order valence-electron chi connectivity index (χ1n) is 10.2. The number of rotatable bonds is 5. The second-order valence-electron chi connectivity index (χ2n) is 7.58. The molecule has 32 heavy (non-hydrogen) atoms. The lowest BCUT2D eigenvalue weighted by Gasteiger charge is -2.14. The topological polar surface area (TPSA) is 84.8 Å². The Hall–Kier alpha value is -3.84. The molecule has 0 aliphatic rings. The highest BCUT2D eigenvalue weighted by Gasteiger charge is 2.21. The van der Waals surface area contributed by atoms with Crippen LogP contribution in [0.25, 0.3) is 21.9 Å². The zero-order chi connectivity index (χ0) is 22.1. The molecule has 0 saturated heterocycles. The Bertz CT molecular complexity index is 1540. The highest BCUT2D eigenvalue weighted by molar-refractivity contribution is 7.90. The van der Waals surface area contributed by atoms with Crippen molar-refractivity contribution in [3.63, 3.8) is 0 Å². The van der Waals surface area contributed by atoms with Crippen LogP contribution in [0.3, 0.4) is 0 Å². The monoisotopic (exact) mass is 440 g/mol. The molecule has 6 nitrogen and oxygen atoms in total. The highest BCUT2D eigenvalue weighted by Crippen LogP contribution is 2.28. The number of nitrogens with one attached hydrogen (secondary N) is 1. The van der Waals surface area contributed by atoms with Crippen molar-refractivity contribution in [1.82, 2.24) is 15.0 Å². The molecule has 0 saturated carbocycles. The molecule has 5 aromatic rings. The SMILES string of the molecule is Cc1ccc(S(=O)(=O)Cc2nc3ccccc3nc2Nc2cccc3ncccc23)cc1. The van der Waals surface area contributed by atoms with Crippen molar-refractivity contribution in [1.29, 1.82) is 0 Å². The molecule has 2 heterocycles. The van der Waals surface area contributed by atoms with Crippen molar-refractivity contribution < 1.29 is 8.42 Å². The third-order valence-electron chi connectivity index (χ3n) is 5.25. The minimum atomic E-state index is -3.61. The van der Waals surface area contributed by atoms with Crippen LogP contribution in [0.5, 0.6) is 0 Å². The molecule has 158 valence electrons. The summed E-state index contributed by atoms with van der Waals surface area (Å²) in [5, 5.41) is 4.23. The van der Waals surface area contributed by atoms with Crippen LogP contribution in [-0.2, 0) is 15.6 Å². The van der Waals surface area contributed by atoms with Crippen LogP contribution in [-0.4, -0.2) is 23.4 Å². The normalized spacial score (nSPS) is 11.7. The van der Waals surface area contributed by atoms with E-state index in [9.17, 15) is 8.42 Å². The van der Waals surface area contributed by atoms with Gasteiger partial charge < -0.3 is 5.32 Å². The average molecular weight is 441 g/mol. The third kappa shape index (κ3) is 3.90. The molecule has 0 fully saturated rings. The number of benzene rings is 3.